The maximum absolute atomic E-state index is 13.2. The third-order valence-corrected chi connectivity index (χ3v) is 6.80. The van der Waals surface area contributed by atoms with Crippen LogP contribution in [0.3, 0.4) is 0 Å². The predicted octanol–water partition coefficient (Wildman–Crippen LogP) is 2.58. The highest BCUT2D eigenvalue weighted by molar-refractivity contribution is 7.89. The lowest BCUT2D eigenvalue weighted by atomic mass is 10.1. The Bertz CT molecular complexity index is 1130. The predicted molar refractivity (Wildman–Crippen MR) is 100 cm³/mol. The minimum absolute atomic E-state index is 0.0918. The van der Waals surface area contributed by atoms with Crippen molar-refractivity contribution in [1.29, 1.82) is 0 Å². The van der Waals surface area contributed by atoms with Crippen LogP contribution >= 0.6 is 0 Å². The van der Waals surface area contributed by atoms with Gasteiger partial charge in [-0.1, -0.05) is 29.8 Å². The molecular weight excluding hydrogens is 368 g/mol. The Morgan fingerprint density at radius 2 is 1.89 bits per heavy atom. The molecule has 1 saturated heterocycles. The first kappa shape index (κ1) is 18.0. The second-order valence-corrected chi connectivity index (χ2v) is 8.72. The topological polar surface area (TPSA) is 92.6 Å². The Balaban J connectivity index is 1.67. The van der Waals surface area contributed by atoms with Crippen molar-refractivity contribution < 1.29 is 17.6 Å². The molecule has 27 heavy (non-hydrogen) atoms. The van der Waals surface area contributed by atoms with Crippen LogP contribution in [0.5, 0.6) is 0 Å². The maximum atomic E-state index is 13.2. The molecule has 0 bridgehead atoms. The number of hydrogen-bond acceptors (Lipinski definition) is 5. The highest BCUT2D eigenvalue weighted by Crippen LogP contribution is 2.30. The SMILES string of the molecule is Cc1ccc(C2CN(S(=O)(=O)c3ccc4[nH]c(=O)oc4c3)C(C)CO2)cc1. The summed E-state index contributed by atoms with van der Waals surface area (Å²) in [5.74, 6) is -0.612. The number of ether oxygens (including phenoxy) is 1. The molecule has 2 unspecified atom stereocenters. The summed E-state index contributed by atoms with van der Waals surface area (Å²) < 4.78 is 38.8. The van der Waals surface area contributed by atoms with Crippen molar-refractivity contribution >= 4 is 21.1 Å². The van der Waals surface area contributed by atoms with E-state index in [1.165, 1.54) is 22.5 Å². The number of aromatic nitrogens is 1. The van der Waals surface area contributed by atoms with E-state index in [4.69, 9.17) is 9.15 Å². The quantitative estimate of drug-likeness (QED) is 0.744. The number of oxazole rings is 1. The summed E-state index contributed by atoms with van der Waals surface area (Å²) in [6, 6.07) is 12.0. The van der Waals surface area contributed by atoms with Crippen LogP contribution in [0.4, 0.5) is 0 Å². The van der Waals surface area contributed by atoms with E-state index in [-0.39, 0.29) is 29.2 Å². The Labute approximate surface area is 156 Å². The summed E-state index contributed by atoms with van der Waals surface area (Å²) in [6.45, 7) is 4.35. The molecule has 1 fully saturated rings. The van der Waals surface area contributed by atoms with Gasteiger partial charge in [0, 0.05) is 18.7 Å². The lowest BCUT2D eigenvalue weighted by Gasteiger charge is -2.37. The van der Waals surface area contributed by atoms with Crippen molar-refractivity contribution in [3.05, 3.63) is 64.1 Å². The van der Waals surface area contributed by atoms with Gasteiger partial charge in [-0.25, -0.2) is 13.2 Å². The van der Waals surface area contributed by atoms with Gasteiger partial charge in [-0.3, -0.25) is 4.98 Å². The van der Waals surface area contributed by atoms with Gasteiger partial charge in [0.25, 0.3) is 0 Å². The molecule has 1 aromatic heterocycles. The van der Waals surface area contributed by atoms with Crippen molar-refractivity contribution in [3.63, 3.8) is 0 Å². The Hall–Kier alpha value is -2.42. The van der Waals surface area contributed by atoms with Crippen LogP contribution < -0.4 is 5.76 Å². The summed E-state index contributed by atoms with van der Waals surface area (Å²) in [6.07, 6.45) is -0.328. The number of benzene rings is 2. The van der Waals surface area contributed by atoms with Crippen LogP contribution in [0.1, 0.15) is 24.2 Å². The number of sulfonamides is 1. The highest BCUT2D eigenvalue weighted by Gasteiger charge is 2.36. The fourth-order valence-electron chi connectivity index (χ4n) is 3.27. The molecule has 3 aromatic rings. The van der Waals surface area contributed by atoms with Crippen LogP contribution in [-0.4, -0.2) is 36.9 Å². The molecule has 2 aromatic carbocycles. The van der Waals surface area contributed by atoms with Gasteiger partial charge in [0.15, 0.2) is 5.58 Å². The van der Waals surface area contributed by atoms with Crippen LogP contribution in [0.2, 0.25) is 0 Å². The molecule has 2 atom stereocenters. The third kappa shape index (κ3) is 3.31. The second kappa shape index (κ2) is 6.63. The van der Waals surface area contributed by atoms with E-state index in [1.54, 1.807) is 0 Å². The van der Waals surface area contributed by atoms with E-state index in [0.29, 0.717) is 12.1 Å². The Morgan fingerprint density at radius 1 is 1.15 bits per heavy atom. The standard InChI is InChI=1S/C19H20N2O5S/c1-12-3-5-14(6-4-12)18-10-21(13(2)11-25-18)27(23,24)15-7-8-16-17(9-15)26-19(22)20-16/h3-9,13,18H,10-11H2,1-2H3,(H,20,22). The number of morpholine rings is 1. The van der Waals surface area contributed by atoms with Gasteiger partial charge >= 0.3 is 5.76 Å². The zero-order chi connectivity index (χ0) is 19.2. The fraction of sp³-hybridized carbons (Fsp3) is 0.316. The van der Waals surface area contributed by atoms with Gasteiger partial charge in [0.2, 0.25) is 10.0 Å². The molecule has 1 aliphatic rings. The number of aryl methyl sites for hydroxylation is 1. The first-order valence-corrected chi connectivity index (χ1v) is 10.1. The van der Waals surface area contributed by atoms with Crippen molar-refractivity contribution in [1.82, 2.24) is 9.29 Å². The number of nitrogens with one attached hydrogen (secondary N) is 1. The van der Waals surface area contributed by atoms with Gasteiger partial charge in [-0.05, 0) is 31.5 Å². The molecule has 0 spiro atoms. The first-order valence-electron chi connectivity index (χ1n) is 8.67. The number of fused-ring (bicyclic) bond motifs is 1. The number of aromatic amines is 1. The van der Waals surface area contributed by atoms with Gasteiger partial charge in [0.05, 0.1) is 23.1 Å². The summed E-state index contributed by atoms with van der Waals surface area (Å²) in [5.41, 5.74) is 2.76. The normalized spacial score (nSPS) is 21.6. The van der Waals surface area contributed by atoms with Gasteiger partial charge < -0.3 is 9.15 Å². The highest BCUT2D eigenvalue weighted by atomic mass is 32.2. The van der Waals surface area contributed by atoms with E-state index >= 15 is 0 Å². The fourth-order valence-corrected chi connectivity index (χ4v) is 4.91. The molecule has 1 N–H and O–H groups in total. The zero-order valence-corrected chi connectivity index (χ0v) is 15.8. The zero-order valence-electron chi connectivity index (χ0n) is 15.0. The number of hydrogen-bond donors (Lipinski definition) is 1. The monoisotopic (exact) mass is 388 g/mol. The molecule has 0 saturated carbocycles. The summed E-state index contributed by atoms with van der Waals surface area (Å²) in [5, 5.41) is 0. The molecule has 7 nitrogen and oxygen atoms in total. The molecule has 0 amide bonds. The van der Waals surface area contributed by atoms with Crippen molar-refractivity contribution in [2.45, 2.75) is 30.9 Å². The first-order chi connectivity index (χ1) is 12.8. The summed E-state index contributed by atoms with van der Waals surface area (Å²) in [4.78, 5) is 13.9. The van der Waals surface area contributed by atoms with Gasteiger partial charge in [-0.2, -0.15) is 4.31 Å². The van der Waals surface area contributed by atoms with Crippen LogP contribution in [-0.2, 0) is 14.8 Å². The second-order valence-electron chi connectivity index (χ2n) is 6.83. The molecule has 0 aliphatic carbocycles. The molecule has 4 rings (SSSR count). The molecule has 2 heterocycles. The molecular formula is C19H20N2O5S. The maximum Gasteiger partial charge on any atom is 0.417 e. The lowest BCUT2D eigenvalue weighted by molar-refractivity contribution is -0.0288. The van der Waals surface area contributed by atoms with Crippen molar-refractivity contribution in [2.75, 3.05) is 13.2 Å². The smallest absolute Gasteiger partial charge is 0.408 e. The molecule has 142 valence electrons. The molecule has 8 heteroatoms. The van der Waals surface area contributed by atoms with E-state index in [0.717, 1.165) is 11.1 Å². The van der Waals surface area contributed by atoms with Crippen LogP contribution in [0.25, 0.3) is 11.1 Å². The van der Waals surface area contributed by atoms with Crippen molar-refractivity contribution in [3.8, 4) is 0 Å². The van der Waals surface area contributed by atoms with E-state index in [2.05, 4.69) is 4.98 Å². The minimum atomic E-state index is -3.77. The number of H-pyrrole nitrogens is 1. The number of rotatable bonds is 3. The number of nitrogens with zero attached hydrogens (tertiary/aromatic N) is 1. The summed E-state index contributed by atoms with van der Waals surface area (Å²) >= 11 is 0. The van der Waals surface area contributed by atoms with E-state index in [9.17, 15) is 13.2 Å². The van der Waals surface area contributed by atoms with Crippen molar-refractivity contribution in [2.24, 2.45) is 0 Å². The largest absolute Gasteiger partial charge is 0.417 e. The lowest BCUT2D eigenvalue weighted by Crippen LogP contribution is -2.48. The average molecular weight is 388 g/mol. The minimum Gasteiger partial charge on any atom is -0.408 e. The summed E-state index contributed by atoms with van der Waals surface area (Å²) in [7, 11) is -3.77. The van der Waals surface area contributed by atoms with E-state index in [1.807, 2.05) is 38.1 Å². The molecule has 0 radical (unpaired) electrons. The van der Waals surface area contributed by atoms with Gasteiger partial charge in [-0.15, -0.1) is 0 Å². The average Bonchev–Trinajstić information content (AvgIpc) is 3.02. The Kier molecular flexibility index (Phi) is 4.41. The van der Waals surface area contributed by atoms with Crippen LogP contribution in [0.15, 0.2) is 56.6 Å². The third-order valence-electron chi connectivity index (χ3n) is 4.82. The van der Waals surface area contributed by atoms with E-state index < -0.39 is 15.8 Å². The van der Waals surface area contributed by atoms with Gasteiger partial charge in [0.1, 0.15) is 0 Å². The molecule has 1 aliphatic heterocycles. The van der Waals surface area contributed by atoms with Crippen LogP contribution in [0, 0.1) is 6.92 Å². The Morgan fingerprint density at radius 3 is 2.63 bits per heavy atom.